The summed E-state index contributed by atoms with van der Waals surface area (Å²) in [5.41, 5.74) is 2.28. The fourth-order valence-electron chi connectivity index (χ4n) is 2.88. The van der Waals surface area contributed by atoms with Crippen LogP contribution in [0.15, 0.2) is 47.5 Å². The number of methoxy groups -OCH3 is 3. The second-order valence-corrected chi connectivity index (χ2v) is 6.23. The van der Waals surface area contributed by atoms with Crippen LogP contribution in [0, 0.1) is 0 Å². The van der Waals surface area contributed by atoms with Gasteiger partial charge >= 0.3 is 0 Å². The lowest BCUT2D eigenvalue weighted by Gasteiger charge is -2.13. The Morgan fingerprint density at radius 3 is 2.36 bits per heavy atom. The first-order valence-electron chi connectivity index (χ1n) is 9.56. The molecule has 6 nitrogen and oxygen atoms in total. The number of guanidine groups is 1. The first-order valence-corrected chi connectivity index (χ1v) is 9.56. The quantitative estimate of drug-likeness (QED) is 0.373. The van der Waals surface area contributed by atoms with Crippen LogP contribution in [0.5, 0.6) is 17.2 Å². The Labute approximate surface area is 167 Å². The van der Waals surface area contributed by atoms with Crippen molar-refractivity contribution in [2.45, 2.75) is 26.3 Å². The molecule has 28 heavy (non-hydrogen) atoms. The lowest BCUT2D eigenvalue weighted by atomic mass is 10.1. The third-order valence-corrected chi connectivity index (χ3v) is 4.33. The lowest BCUT2D eigenvalue weighted by molar-refractivity contribution is 0.354. The van der Waals surface area contributed by atoms with Gasteiger partial charge in [-0.15, -0.1) is 0 Å². The summed E-state index contributed by atoms with van der Waals surface area (Å²) in [4.78, 5) is 4.66. The lowest BCUT2D eigenvalue weighted by Crippen LogP contribution is -2.37. The fourth-order valence-corrected chi connectivity index (χ4v) is 2.88. The molecule has 0 heterocycles. The molecule has 2 aromatic carbocycles. The summed E-state index contributed by atoms with van der Waals surface area (Å²) in [5, 5.41) is 6.68. The number of nitrogens with zero attached hydrogens (tertiary/aromatic N) is 1. The Morgan fingerprint density at radius 1 is 0.893 bits per heavy atom. The molecule has 6 heteroatoms. The molecule has 0 aliphatic carbocycles. The van der Waals surface area contributed by atoms with E-state index >= 15 is 0 Å². The monoisotopic (exact) mass is 385 g/mol. The van der Waals surface area contributed by atoms with E-state index in [9.17, 15) is 0 Å². The standard InChI is InChI=1S/C22H31N3O3/c1-5-23-22(25-16-18-10-6-7-11-19(18)26-2)24-14-8-9-17-12-13-20(27-3)21(15-17)28-4/h6-7,10-13,15H,5,8-9,14,16H2,1-4H3,(H2,23,24,25). The Balaban J connectivity index is 1.87. The molecular formula is C22H31N3O3. The Kier molecular flexibility index (Phi) is 8.98. The number of benzene rings is 2. The topological polar surface area (TPSA) is 64.1 Å². The molecule has 0 radical (unpaired) electrons. The highest BCUT2D eigenvalue weighted by molar-refractivity contribution is 5.79. The van der Waals surface area contributed by atoms with E-state index in [0.29, 0.717) is 6.54 Å². The van der Waals surface area contributed by atoms with E-state index in [1.165, 1.54) is 5.56 Å². The molecule has 2 rings (SSSR count). The summed E-state index contributed by atoms with van der Waals surface area (Å²) in [6.07, 6.45) is 1.92. The first-order chi connectivity index (χ1) is 13.7. The Morgan fingerprint density at radius 2 is 1.64 bits per heavy atom. The van der Waals surface area contributed by atoms with Gasteiger partial charge in [0.2, 0.25) is 0 Å². The van der Waals surface area contributed by atoms with Crippen molar-refractivity contribution >= 4 is 5.96 Å². The average molecular weight is 386 g/mol. The van der Waals surface area contributed by atoms with Gasteiger partial charge in [-0.3, -0.25) is 0 Å². The van der Waals surface area contributed by atoms with E-state index in [0.717, 1.165) is 54.7 Å². The molecule has 152 valence electrons. The molecule has 0 saturated carbocycles. The highest BCUT2D eigenvalue weighted by Gasteiger charge is 2.05. The molecule has 0 aromatic heterocycles. The fraction of sp³-hybridized carbons (Fsp3) is 0.409. The SMILES string of the molecule is CCNC(=NCc1ccccc1OC)NCCCc1ccc(OC)c(OC)c1. The average Bonchev–Trinajstić information content (AvgIpc) is 2.74. The molecule has 0 spiro atoms. The van der Waals surface area contributed by atoms with Gasteiger partial charge in [-0.05, 0) is 43.5 Å². The molecular weight excluding hydrogens is 354 g/mol. The number of para-hydroxylation sites is 1. The van der Waals surface area contributed by atoms with Crippen molar-refractivity contribution in [1.82, 2.24) is 10.6 Å². The van der Waals surface area contributed by atoms with E-state index in [1.807, 2.05) is 36.4 Å². The van der Waals surface area contributed by atoms with Gasteiger partial charge in [-0.1, -0.05) is 24.3 Å². The summed E-state index contributed by atoms with van der Waals surface area (Å²) < 4.78 is 16.0. The van der Waals surface area contributed by atoms with Crippen molar-refractivity contribution in [1.29, 1.82) is 0 Å². The molecule has 2 N–H and O–H groups in total. The van der Waals surface area contributed by atoms with Crippen molar-refractivity contribution in [3.05, 3.63) is 53.6 Å². The van der Waals surface area contributed by atoms with Crippen LogP contribution in [0.1, 0.15) is 24.5 Å². The van der Waals surface area contributed by atoms with Crippen molar-refractivity contribution in [3.8, 4) is 17.2 Å². The Bertz CT molecular complexity index is 762. The Hall–Kier alpha value is -2.89. The van der Waals surface area contributed by atoms with E-state index in [1.54, 1.807) is 21.3 Å². The summed E-state index contributed by atoms with van der Waals surface area (Å²) in [6.45, 7) is 4.26. The molecule has 0 unspecified atom stereocenters. The van der Waals surface area contributed by atoms with Crippen molar-refractivity contribution in [3.63, 3.8) is 0 Å². The number of hydrogen-bond acceptors (Lipinski definition) is 4. The smallest absolute Gasteiger partial charge is 0.191 e. The largest absolute Gasteiger partial charge is 0.496 e. The first kappa shape index (κ1) is 21.4. The number of aryl methyl sites for hydroxylation is 1. The molecule has 0 bridgehead atoms. The van der Waals surface area contributed by atoms with Gasteiger partial charge in [0.1, 0.15) is 5.75 Å². The molecule has 0 aliphatic rings. The van der Waals surface area contributed by atoms with Gasteiger partial charge in [-0.25, -0.2) is 4.99 Å². The van der Waals surface area contributed by atoms with Gasteiger partial charge in [0.15, 0.2) is 17.5 Å². The maximum atomic E-state index is 5.39. The molecule has 0 saturated heterocycles. The highest BCUT2D eigenvalue weighted by atomic mass is 16.5. The van der Waals surface area contributed by atoms with Crippen LogP contribution in [0.4, 0.5) is 0 Å². The van der Waals surface area contributed by atoms with Crippen LogP contribution in [0.3, 0.4) is 0 Å². The highest BCUT2D eigenvalue weighted by Crippen LogP contribution is 2.27. The van der Waals surface area contributed by atoms with Gasteiger partial charge in [-0.2, -0.15) is 0 Å². The maximum Gasteiger partial charge on any atom is 0.191 e. The van der Waals surface area contributed by atoms with Gasteiger partial charge in [0.25, 0.3) is 0 Å². The number of rotatable bonds is 10. The molecule has 0 amide bonds. The van der Waals surface area contributed by atoms with Gasteiger partial charge in [0, 0.05) is 18.7 Å². The number of ether oxygens (including phenoxy) is 3. The second kappa shape index (κ2) is 11.7. The van der Waals surface area contributed by atoms with Crippen LogP contribution in [-0.4, -0.2) is 40.4 Å². The van der Waals surface area contributed by atoms with Crippen molar-refractivity contribution in [2.75, 3.05) is 34.4 Å². The summed E-state index contributed by atoms with van der Waals surface area (Å²) in [5.74, 6) is 3.18. The van der Waals surface area contributed by atoms with Crippen LogP contribution in [-0.2, 0) is 13.0 Å². The van der Waals surface area contributed by atoms with Gasteiger partial charge < -0.3 is 24.8 Å². The van der Waals surface area contributed by atoms with E-state index < -0.39 is 0 Å². The minimum Gasteiger partial charge on any atom is -0.496 e. The van der Waals surface area contributed by atoms with E-state index in [4.69, 9.17) is 14.2 Å². The minimum atomic E-state index is 0.565. The normalized spacial score (nSPS) is 11.1. The second-order valence-electron chi connectivity index (χ2n) is 6.23. The third-order valence-electron chi connectivity index (χ3n) is 4.33. The minimum absolute atomic E-state index is 0.565. The van der Waals surface area contributed by atoms with Crippen molar-refractivity contribution < 1.29 is 14.2 Å². The predicted octanol–water partition coefficient (Wildman–Crippen LogP) is 3.40. The van der Waals surface area contributed by atoms with Gasteiger partial charge in [0.05, 0.1) is 27.9 Å². The van der Waals surface area contributed by atoms with Crippen LogP contribution in [0.2, 0.25) is 0 Å². The van der Waals surface area contributed by atoms with Crippen LogP contribution in [0.25, 0.3) is 0 Å². The van der Waals surface area contributed by atoms with E-state index in [2.05, 4.69) is 28.6 Å². The molecule has 2 aromatic rings. The van der Waals surface area contributed by atoms with E-state index in [-0.39, 0.29) is 0 Å². The van der Waals surface area contributed by atoms with Crippen molar-refractivity contribution in [2.24, 2.45) is 4.99 Å². The molecule has 0 aliphatic heterocycles. The summed E-state index contributed by atoms with van der Waals surface area (Å²) in [7, 11) is 4.98. The van der Waals surface area contributed by atoms with Crippen LogP contribution < -0.4 is 24.8 Å². The zero-order valence-corrected chi connectivity index (χ0v) is 17.2. The molecule has 0 atom stereocenters. The zero-order valence-electron chi connectivity index (χ0n) is 17.2. The number of nitrogens with one attached hydrogen (secondary N) is 2. The molecule has 0 fully saturated rings. The number of hydrogen-bond donors (Lipinski definition) is 2. The maximum absolute atomic E-state index is 5.39. The summed E-state index contributed by atoms with van der Waals surface area (Å²) >= 11 is 0. The predicted molar refractivity (Wildman–Crippen MR) is 114 cm³/mol. The summed E-state index contributed by atoms with van der Waals surface area (Å²) in [6, 6.07) is 14.0. The van der Waals surface area contributed by atoms with Crippen LogP contribution >= 0.6 is 0 Å². The zero-order chi connectivity index (χ0) is 20.2. The third kappa shape index (κ3) is 6.37. The number of aliphatic imine (C=N–C) groups is 1.